The standard InChI is InChI=1S/C10H15F5N2O2S/c11-9(12,10(13,14)15)8(16)5-20(18,19)17-4-6-1-2-7(17)3-6/h6-8H,1-5,16H2. The fraction of sp³-hybridized carbons (Fsp3) is 1.00. The van der Waals surface area contributed by atoms with Gasteiger partial charge in [-0.05, 0) is 25.2 Å². The quantitative estimate of drug-likeness (QED) is 0.794. The summed E-state index contributed by atoms with van der Waals surface area (Å²) in [5.41, 5.74) is 4.81. The van der Waals surface area contributed by atoms with Crippen molar-refractivity contribution in [3.63, 3.8) is 0 Å². The highest BCUT2D eigenvalue weighted by atomic mass is 32.2. The van der Waals surface area contributed by atoms with Crippen molar-refractivity contribution in [1.29, 1.82) is 0 Å². The topological polar surface area (TPSA) is 63.4 Å². The highest BCUT2D eigenvalue weighted by Gasteiger charge is 2.62. The summed E-state index contributed by atoms with van der Waals surface area (Å²) in [6.45, 7) is 0.192. The number of piperidine rings is 1. The minimum Gasteiger partial charge on any atom is -0.321 e. The Morgan fingerprint density at radius 2 is 1.80 bits per heavy atom. The maximum Gasteiger partial charge on any atom is 0.454 e. The van der Waals surface area contributed by atoms with Gasteiger partial charge in [-0.3, -0.25) is 0 Å². The Labute approximate surface area is 113 Å². The van der Waals surface area contributed by atoms with E-state index >= 15 is 0 Å². The molecule has 2 fully saturated rings. The Morgan fingerprint density at radius 1 is 1.20 bits per heavy atom. The summed E-state index contributed by atoms with van der Waals surface area (Å²) in [5.74, 6) is -6.45. The molecular weight excluding hydrogens is 307 g/mol. The van der Waals surface area contributed by atoms with E-state index in [2.05, 4.69) is 0 Å². The molecule has 3 atom stereocenters. The van der Waals surface area contributed by atoms with Crippen LogP contribution in [0.25, 0.3) is 0 Å². The SMILES string of the molecule is NC(CS(=O)(=O)N1CC2CCC1C2)C(F)(F)C(F)(F)F. The first-order valence-corrected chi connectivity index (χ1v) is 7.75. The number of nitrogens with two attached hydrogens (primary N) is 1. The van der Waals surface area contributed by atoms with Crippen molar-refractivity contribution in [3.8, 4) is 0 Å². The predicted molar refractivity (Wildman–Crippen MR) is 60.6 cm³/mol. The maximum atomic E-state index is 13.0. The van der Waals surface area contributed by atoms with Gasteiger partial charge in [0.2, 0.25) is 10.0 Å². The molecule has 0 amide bonds. The van der Waals surface area contributed by atoms with Gasteiger partial charge in [0.1, 0.15) is 0 Å². The minimum absolute atomic E-state index is 0.175. The third kappa shape index (κ3) is 2.64. The second-order valence-corrected chi connectivity index (χ2v) is 7.37. The summed E-state index contributed by atoms with van der Waals surface area (Å²) in [4.78, 5) is 0. The first-order chi connectivity index (χ1) is 8.95. The summed E-state index contributed by atoms with van der Waals surface area (Å²) in [5, 5.41) is 0. The lowest BCUT2D eigenvalue weighted by molar-refractivity contribution is -0.287. The van der Waals surface area contributed by atoms with Crippen molar-refractivity contribution in [3.05, 3.63) is 0 Å². The number of alkyl halides is 5. The van der Waals surface area contributed by atoms with Crippen LogP contribution in [-0.4, -0.2) is 49.2 Å². The predicted octanol–water partition coefficient (Wildman–Crippen LogP) is 1.33. The minimum atomic E-state index is -5.86. The second-order valence-electron chi connectivity index (χ2n) is 5.41. The number of fused-ring (bicyclic) bond motifs is 2. The first kappa shape index (κ1) is 15.9. The van der Waals surface area contributed by atoms with Gasteiger partial charge in [-0.2, -0.15) is 26.3 Å². The van der Waals surface area contributed by atoms with Crippen LogP contribution in [0.2, 0.25) is 0 Å². The molecule has 1 saturated heterocycles. The summed E-state index contributed by atoms with van der Waals surface area (Å²) in [6, 6.07) is -3.08. The van der Waals surface area contributed by atoms with Crippen molar-refractivity contribution >= 4 is 10.0 Å². The maximum absolute atomic E-state index is 13.0. The third-order valence-electron chi connectivity index (χ3n) is 3.95. The monoisotopic (exact) mass is 322 g/mol. The van der Waals surface area contributed by atoms with E-state index in [0.29, 0.717) is 12.8 Å². The van der Waals surface area contributed by atoms with Crippen molar-refractivity contribution < 1.29 is 30.4 Å². The van der Waals surface area contributed by atoms with Crippen LogP contribution in [0.3, 0.4) is 0 Å². The zero-order chi connectivity index (χ0) is 15.3. The van der Waals surface area contributed by atoms with Crippen LogP contribution in [0, 0.1) is 5.92 Å². The van der Waals surface area contributed by atoms with Gasteiger partial charge in [0.15, 0.2) is 0 Å². The summed E-state index contributed by atoms with van der Waals surface area (Å²) in [7, 11) is -4.21. The molecule has 20 heavy (non-hydrogen) atoms. The van der Waals surface area contributed by atoms with Crippen molar-refractivity contribution in [1.82, 2.24) is 4.31 Å². The highest BCUT2D eigenvalue weighted by Crippen LogP contribution is 2.41. The van der Waals surface area contributed by atoms with Crippen molar-refractivity contribution in [2.45, 2.75) is 43.4 Å². The first-order valence-electron chi connectivity index (χ1n) is 6.15. The van der Waals surface area contributed by atoms with Gasteiger partial charge in [0.25, 0.3) is 0 Å². The molecule has 10 heteroatoms. The van der Waals surface area contributed by atoms with Gasteiger partial charge >= 0.3 is 12.1 Å². The molecule has 0 spiro atoms. The zero-order valence-corrected chi connectivity index (χ0v) is 11.2. The van der Waals surface area contributed by atoms with E-state index in [9.17, 15) is 30.4 Å². The molecule has 1 heterocycles. The lowest BCUT2D eigenvalue weighted by atomic mass is 10.1. The van der Waals surface area contributed by atoms with Crippen LogP contribution in [0.4, 0.5) is 22.0 Å². The Morgan fingerprint density at radius 3 is 2.20 bits per heavy atom. The molecule has 2 bridgehead atoms. The Hall–Kier alpha value is -0.480. The Balaban J connectivity index is 2.09. The van der Waals surface area contributed by atoms with Crippen LogP contribution in [-0.2, 0) is 10.0 Å². The van der Waals surface area contributed by atoms with Crippen LogP contribution in [0.15, 0.2) is 0 Å². The van der Waals surface area contributed by atoms with Gasteiger partial charge < -0.3 is 5.73 Å². The molecule has 0 aromatic rings. The smallest absolute Gasteiger partial charge is 0.321 e. The normalized spacial score (nSPS) is 29.9. The molecule has 2 aliphatic rings. The third-order valence-corrected chi connectivity index (χ3v) is 5.89. The van der Waals surface area contributed by atoms with Gasteiger partial charge in [0.05, 0.1) is 11.8 Å². The number of hydrogen-bond donors (Lipinski definition) is 1. The lowest BCUT2D eigenvalue weighted by Gasteiger charge is -2.30. The van der Waals surface area contributed by atoms with E-state index in [4.69, 9.17) is 5.73 Å². The molecule has 0 aromatic heterocycles. The molecule has 0 aromatic carbocycles. The van der Waals surface area contributed by atoms with Gasteiger partial charge in [-0.25, -0.2) is 8.42 Å². The molecule has 2 N–H and O–H groups in total. The van der Waals surface area contributed by atoms with Gasteiger partial charge in [0, 0.05) is 12.6 Å². The van der Waals surface area contributed by atoms with Crippen molar-refractivity contribution in [2.24, 2.45) is 11.7 Å². The molecule has 2 rings (SSSR count). The van der Waals surface area contributed by atoms with Crippen LogP contribution >= 0.6 is 0 Å². The highest BCUT2D eigenvalue weighted by molar-refractivity contribution is 7.89. The number of nitrogens with zero attached hydrogens (tertiary/aromatic N) is 1. The number of sulfonamides is 1. The largest absolute Gasteiger partial charge is 0.454 e. The van der Waals surface area contributed by atoms with Gasteiger partial charge in [-0.15, -0.1) is 0 Å². The van der Waals surface area contributed by atoms with E-state index in [-0.39, 0.29) is 18.5 Å². The Kier molecular flexibility index (Phi) is 3.79. The average molecular weight is 322 g/mol. The fourth-order valence-corrected chi connectivity index (χ4v) is 4.80. The molecule has 1 saturated carbocycles. The molecule has 1 aliphatic carbocycles. The summed E-state index contributed by atoms with van der Waals surface area (Å²) >= 11 is 0. The van der Waals surface area contributed by atoms with Gasteiger partial charge in [-0.1, -0.05) is 0 Å². The second kappa shape index (κ2) is 4.77. The number of halogens is 5. The fourth-order valence-electron chi connectivity index (χ4n) is 2.86. The molecular formula is C10H15F5N2O2S. The lowest BCUT2D eigenvalue weighted by Crippen LogP contribution is -2.56. The molecule has 118 valence electrons. The molecule has 4 nitrogen and oxygen atoms in total. The summed E-state index contributed by atoms with van der Waals surface area (Å²) < 4.78 is 87.4. The molecule has 1 aliphatic heterocycles. The van der Waals surface area contributed by atoms with E-state index < -0.39 is 33.9 Å². The van der Waals surface area contributed by atoms with Crippen LogP contribution < -0.4 is 5.73 Å². The zero-order valence-electron chi connectivity index (χ0n) is 10.4. The van der Waals surface area contributed by atoms with Crippen molar-refractivity contribution in [2.75, 3.05) is 12.3 Å². The average Bonchev–Trinajstić information content (AvgIpc) is 2.88. The van der Waals surface area contributed by atoms with E-state index in [0.717, 1.165) is 10.7 Å². The number of hydrogen-bond acceptors (Lipinski definition) is 3. The van der Waals surface area contributed by atoms with E-state index in [1.54, 1.807) is 0 Å². The summed E-state index contributed by atoms with van der Waals surface area (Å²) in [6.07, 6.45) is -3.73. The molecule has 3 unspecified atom stereocenters. The van der Waals surface area contributed by atoms with E-state index in [1.807, 2.05) is 0 Å². The number of rotatable bonds is 4. The molecule has 0 radical (unpaired) electrons. The van der Waals surface area contributed by atoms with E-state index in [1.165, 1.54) is 0 Å². The Bertz CT molecular complexity index is 479. The van der Waals surface area contributed by atoms with Crippen LogP contribution in [0.5, 0.6) is 0 Å². The van der Waals surface area contributed by atoms with Crippen LogP contribution in [0.1, 0.15) is 19.3 Å².